The van der Waals surface area contributed by atoms with Gasteiger partial charge in [0.2, 0.25) is 0 Å². The summed E-state index contributed by atoms with van der Waals surface area (Å²) in [6, 6.07) is 9.38. The molecule has 0 heterocycles. The standard InChI is InChI=1S/C16H24O2S/c1-4-16(5-2,6-3)19-15(18)12-14(17)13-10-8-7-9-11-13/h7-11,14,17H,4-6,12H2,1-3H3/t14-/m1/s1. The number of hydrogen-bond donors (Lipinski definition) is 1. The number of carbonyl (C=O) groups is 1. The maximum Gasteiger partial charge on any atom is 0.192 e. The lowest BCUT2D eigenvalue weighted by molar-refractivity contribution is -0.112. The van der Waals surface area contributed by atoms with Crippen molar-refractivity contribution >= 4 is 16.9 Å². The number of carbonyl (C=O) groups excluding carboxylic acids is 1. The fourth-order valence-electron chi connectivity index (χ4n) is 2.20. The van der Waals surface area contributed by atoms with E-state index in [1.54, 1.807) is 0 Å². The van der Waals surface area contributed by atoms with Gasteiger partial charge in [0.05, 0.1) is 6.10 Å². The van der Waals surface area contributed by atoms with Crippen molar-refractivity contribution in [3.05, 3.63) is 35.9 Å². The highest BCUT2D eigenvalue weighted by Gasteiger charge is 2.28. The van der Waals surface area contributed by atoms with E-state index >= 15 is 0 Å². The Bertz CT molecular complexity index is 377. The molecule has 0 bridgehead atoms. The van der Waals surface area contributed by atoms with Crippen LogP contribution in [-0.2, 0) is 4.79 Å². The topological polar surface area (TPSA) is 37.3 Å². The van der Waals surface area contributed by atoms with E-state index < -0.39 is 6.10 Å². The van der Waals surface area contributed by atoms with Crippen LogP contribution in [0.3, 0.4) is 0 Å². The molecule has 0 aromatic heterocycles. The van der Waals surface area contributed by atoms with Gasteiger partial charge in [0.15, 0.2) is 5.12 Å². The summed E-state index contributed by atoms with van der Waals surface area (Å²) >= 11 is 1.42. The maximum atomic E-state index is 12.1. The third-order valence-corrected chi connectivity index (χ3v) is 5.50. The fraction of sp³-hybridized carbons (Fsp3) is 0.562. The molecule has 19 heavy (non-hydrogen) atoms. The Morgan fingerprint density at radius 1 is 1.16 bits per heavy atom. The lowest BCUT2D eigenvalue weighted by Gasteiger charge is -2.29. The molecule has 106 valence electrons. The molecule has 0 fully saturated rings. The normalized spacial score (nSPS) is 13.3. The SMILES string of the molecule is CCC(CC)(CC)SC(=O)C[C@@H](O)c1ccccc1. The van der Waals surface area contributed by atoms with Crippen LogP contribution in [0.1, 0.15) is 58.1 Å². The van der Waals surface area contributed by atoms with Gasteiger partial charge in [0.25, 0.3) is 0 Å². The molecular formula is C16H24O2S. The van der Waals surface area contributed by atoms with E-state index in [1.807, 2.05) is 30.3 Å². The summed E-state index contributed by atoms with van der Waals surface area (Å²) in [4.78, 5) is 12.1. The molecule has 0 aliphatic heterocycles. The van der Waals surface area contributed by atoms with Crippen molar-refractivity contribution < 1.29 is 9.90 Å². The minimum Gasteiger partial charge on any atom is -0.388 e. The Kier molecular flexibility index (Phi) is 6.59. The van der Waals surface area contributed by atoms with Crippen molar-refractivity contribution in [3.63, 3.8) is 0 Å². The largest absolute Gasteiger partial charge is 0.388 e. The lowest BCUT2D eigenvalue weighted by Crippen LogP contribution is -2.24. The molecule has 3 heteroatoms. The van der Waals surface area contributed by atoms with Crippen LogP contribution in [0.5, 0.6) is 0 Å². The van der Waals surface area contributed by atoms with E-state index in [9.17, 15) is 9.90 Å². The van der Waals surface area contributed by atoms with Crippen molar-refractivity contribution in [3.8, 4) is 0 Å². The fourth-order valence-corrected chi connectivity index (χ4v) is 3.36. The van der Waals surface area contributed by atoms with E-state index in [2.05, 4.69) is 20.8 Å². The second-order valence-electron chi connectivity index (χ2n) is 4.85. The highest BCUT2D eigenvalue weighted by atomic mass is 32.2. The van der Waals surface area contributed by atoms with Gasteiger partial charge in [0.1, 0.15) is 0 Å². The van der Waals surface area contributed by atoms with Crippen LogP contribution in [0.15, 0.2) is 30.3 Å². The number of aliphatic hydroxyl groups excluding tert-OH is 1. The van der Waals surface area contributed by atoms with Gasteiger partial charge in [0, 0.05) is 11.2 Å². The molecule has 1 N–H and O–H groups in total. The van der Waals surface area contributed by atoms with Crippen LogP contribution >= 0.6 is 11.8 Å². The monoisotopic (exact) mass is 280 g/mol. The number of hydrogen-bond acceptors (Lipinski definition) is 3. The van der Waals surface area contributed by atoms with Crippen LogP contribution in [0, 0.1) is 0 Å². The van der Waals surface area contributed by atoms with Crippen LogP contribution in [-0.4, -0.2) is 15.0 Å². The zero-order valence-corrected chi connectivity index (χ0v) is 12.9. The number of rotatable bonds is 7. The average molecular weight is 280 g/mol. The Balaban J connectivity index is 2.60. The predicted molar refractivity (Wildman–Crippen MR) is 82.2 cm³/mol. The lowest BCUT2D eigenvalue weighted by atomic mass is 9.99. The molecule has 0 saturated carbocycles. The van der Waals surface area contributed by atoms with Crippen LogP contribution < -0.4 is 0 Å². The first-order valence-electron chi connectivity index (χ1n) is 7.01. The average Bonchev–Trinajstić information content (AvgIpc) is 2.46. The molecule has 0 unspecified atom stereocenters. The van der Waals surface area contributed by atoms with Crippen LogP contribution in [0.4, 0.5) is 0 Å². The van der Waals surface area contributed by atoms with Gasteiger partial charge < -0.3 is 5.11 Å². The third kappa shape index (κ3) is 4.66. The van der Waals surface area contributed by atoms with E-state index in [0.29, 0.717) is 0 Å². The molecular weight excluding hydrogens is 256 g/mol. The van der Waals surface area contributed by atoms with E-state index in [4.69, 9.17) is 0 Å². The first kappa shape index (κ1) is 16.3. The molecule has 1 aromatic rings. The zero-order chi connectivity index (χ0) is 14.3. The predicted octanol–water partition coefficient (Wildman–Crippen LogP) is 4.34. The van der Waals surface area contributed by atoms with Gasteiger partial charge >= 0.3 is 0 Å². The number of benzene rings is 1. The van der Waals surface area contributed by atoms with Gasteiger partial charge in [-0.1, -0.05) is 62.9 Å². The Morgan fingerprint density at radius 2 is 1.68 bits per heavy atom. The molecule has 0 spiro atoms. The van der Waals surface area contributed by atoms with E-state index in [-0.39, 0.29) is 16.3 Å². The van der Waals surface area contributed by atoms with Crippen LogP contribution in [0.2, 0.25) is 0 Å². The first-order chi connectivity index (χ1) is 9.06. The minimum atomic E-state index is -0.690. The molecule has 1 atom stereocenters. The van der Waals surface area contributed by atoms with Crippen molar-refractivity contribution in [2.75, 3.05) is 0 Å². The van der Waals surface area contributed by atoms with Crippen LogP contribution in [0.25, 0.3) is 0 Å². The van der Waals surface area contributed by atoms with Gasteiger partial charge in [-0.15, -0.1) is 0 Å². The molecule has 0 radical (unpaired) electrons. The highest BCUT2D eigenvalue weighted by molar-refractivity contribution is 8.14. The summed E-state index contributed by atoms with van der Waals surface area (Å²) in [6.45, 7) is 6.38. The van der Waals surface area contributed by atoms with Gasteiger partial charge in [-0.2, -0.15) is 0 Å². The first-order valence-corrected chi connectivity index (χ1v) is 7.83. The van der Waals surface area contributed by atoms with E-state index in [1.165, 1.54) is 11.8 Å². The van der Waals surface area contributed by atoms with Gasteiger partial charge in [-0.05, 0) is 24.8 Å². The second kappa shape index (κ2) is 7.71. The molecule has 1 rings (SSSR count). The summed E-state index contributed by atoms with van der Waals surface area (Å²) in [6.07, 6.45) is 2.45. The number of aliphatic hydroxyl groups is 1. The Hall–Kier alpha value is -0.800. The summed E-state index contributed by atoms with van der Waals surface area (Å²) in [5, 5.41) is 10.2. The zero-order valence-electron chi connectivity index (χ0n) is 12.1. The molecule has 0 saturated heterocycles. The smallest absolute Gasteiger partial charge is 0.192 e. The highest BCUT2D eigenvalue weighted by Crippen LogP contribution is 2.37. The summed E-state index contributed by atoms with van der Waals surface area (Å²) in [7, 11) is 0. The van der Waals surface area contributed by atoms with Crippen molar-refractivity contribution in [2.45, 2.75) is 57.3 Å². The Morgan fingerprint density at radius 3 is 2.16 bits per heavy atom. The summed E-state index contributed by atoms with van der Waals surface area (Å²) in [5.74, 6) is 0. The van der Waals surface area contributed by atoms with Gasteiger partial charge in [-0.25, -0.2) is 0 Å². The van der Waals surface area contributed by atoms with Crippen molar-refractivity contribution in [2.24, 2.45) is 0 Å². The molecule has 0 amide bonds. The molecule has 2 nitrogen and oxygen atoms in total. The minimum absolute atomic E-state index is 0.0352. The molecule has 0 aliphatic carbocycles. The number of thioether (sulfide) groups is 1. The van der Waals surface area contributed by atoms with Crippen molar-refractivity contribution in [1.29, 1.82) is 0 Å². The van der Waals surface area contributed by atoms with Gasteiger partial charge in [-0.3, -0.25) is 4.79 Å². The second-order valence-corrected chi connectivity index (χ2v) is 6.37. The van der Waals surface area contributed by atoms with Crippen molar-refractivity contribution in [1.82, 2.24) is 0 Å². The molecule has 1 aromatic carbocycles. The quantitative estimate of drug-likeness (QED) is 0.807. The summed E-state index contributed by atoms with van der Waals surface area (Å²) < 4.78 is 0.0352. The summed E-state index contributed by atoms with van der Waals surface area (Å²) in [5.41, 5.74) is 0.812. The third-order valence-electron chi connectivity index (χ3n) is 3.81. The molecule has 0 aliphatic rings. The maximum absolute atomic E-state index is 12.1. The van der Waals surface area contributed by atoms with E-state index in [0.717, 1.165) is 24.8 Å². The Labute approximate surface area is 120 Å².